The van der Waals surface area contributed by atoms with Crippen molar-refractivity contribution in [2.75, 3.05) is 0 Å². The molecule has 0 aliphatic rings. The highest BCUT2D eigenvalue weighted by Gasteiger charge is 2.14. The molecule has 0 atom stereocenters. The molecule has 20 heavy (non-hydrogen) atoms. The molecule has 2 heterocycles. The molecule has 0 aliphatic heterocycles. The van der Waals surface area contributed by atoms with Gasteiger partial charge in [-0.05, 0) is 40.2 Å². The Morgan fingerprint density at radius 3 is 2.70 bits per heavy atom. The zero-order valence-corrected chi connectivity index (χ0v) is 11.8. The topological polar surface area (TPSA) is 58.7 Å². The Morgan fingerprint density at radius 2 is 2.00 bits per heavy atom. The lowest BCUT2D eigenvalue weighted by Gasteiger charge is -2.04. The van der Waals surface area contributed by atoms with Crippen LogP contribution in [0, 0.1) is 11.3 Å². The normalized spacial score (nSPS) is 10.4. The van der Waals surface area contributed by atoms with Gasteiger partial charge in [-0.3, -0.25) is 9.36 Å². The molecule has 0 N–H and O–H groups in total. The van der Waals surface area contributed by atoms with Crippen LogP contribution in [0.2, 0.25) is 0 Å². The number of fused-ring (bicyclic) bond motifs is 1. The van der Waals surface area contributed by atoms with Crippen LogP contribution in [-0.4, -0.2) is 15.5 Å². The molecule has 0 radical (unpaired) electrons. The van der Waals surface area contributed by atoms with Crippen molar-refractivity contribution in [1.82, 2.24) is 9.55 Å². The average molecular weight is 326 g/mol. The predicted molar refractivity (Wildman–Crippen MR) is 78.3 cm³/mol. The maximum absolute atomic E-state index is 12.5. The molecule has 0 saturated carbocycles. The summed E-state index contributed by atoms with van der Waals surface area (Å²) in [5.74, 6) is -0.171. The maximum atomic E-state index is 12.5. The van der Waals surface area contributed by atoms with Gasteiger partial charge in [0, 0.05) is 17.1 Å². The number of benzene rings is 1. The van der Waals surface area contributed by atoms with Crippen LogP contribution in [0.1, 0.15) is 15.9 Å². The number of rotatable bonds is 1. The molecule has 2 aromatic heterocycles. The minimum atomic E-state index is -0.171. The molecule has 96 valence electrons. The van der Waals surface area contributed by atoms with E-state index in [4.69, 9.17) is 5.26 Å². The van der Waals surface area contributed by atoms with Crippen molar-refractivity contribution in [3.05, 3.63) is 64.4 Å². The Hall–Kier alpha value is -2.45. The van der Waals surface area contributed by atoms with Crippen molar-refractivity contribution in [1.29, 1.82) is 5.26 Å². The number of nitrogens with zero attached hydrogens (tertiary/aromatic N) is 3. The van der Waals surface area contributed by atoms with Crippen LogP contribution in [0.15, 0.2) is 53.3 Å². The number of hydrogen-bond acceptors (Lipinski definition) is 3. The van der Waals surface area contributed by atoms with Crippen molar-refractivity contribution in [3.63, 3.8) is 0 Å². The second-order valence-electron chi connectivity index (χ2n) is 4.20. The SMILES string of the molecule is N#Cc1cc(Br)nc2c1ccn2C(=O)c1ccccc1. The molecule has 4 nitrogen and oxygen atoms in total. The summed E-state index contributed by atoms with van der Waals surface area (Å²) < 4.78 is 1.98. The monoisotopic (exact) mass is 325 g/mol. The fraction of sp³-hybridized carbons (Fsp3) is 0. The summed E-state index contributed by atoms with van der Waals surface area (Å²) in [6, 6.07) is 14.4. The zero-order chi connectivity index (χ0) is 14.1. The molecule has 3 rings (SSSR count). The lowest BCUT2D eigenvalue weighted by Crippen LogP contribution is -2.11. The third-order valence-corrected chi connectivity index (χ3v) is 3.39. The highest BCUT2D eigenvalue weighted by Crippen LogP contribution is 2.22. The second kappa shape index (κ2) is 4.91. The summed E-state index contributed by atoms with van der Waals surface area (Å²) in [7, 11) is 0. The highest BCUT2D eigenvalue weighted by atomic mass is 79.9. The molecule has 3 aromatic rings. The molecule has 0 saturated heterocycles. The second-order valence-corrected chi connectivity index (χ2v) is 5.01. The molecule has 0 aliphatic carbocycles. The van der Waals surface area contributed by atoms with Crippen molar-refractivity contribution in [2.45, 2.75) is 0 Å². The number of halogens is 1. The van der Waals surface area contributed by atoms with E-state index < -0.39 is 0 Å². The van der Waals surface area contributed by atoms with Gasteiger partial charge in [-0.2, -0.15) is 5.26 Å². The van der Waals surface area contributed by atoms with Gasteiger partial charge in [0.05, 0.1) is 11.6 Å². The Bertz CT molecular complexity index is 847. The maximum Gasteiger partial charge on any atom is 0.263 e. The van der Waals surface area contributed by atoms with E-state index in [9.17, 15) is 4.79 Å². The Morgan fingerprint density at radius 1 is 1.25 bits per heavy atom. The van der Waals surface area contributed by atoms with E-state index in [1.807, 2.05) is 18.2 Å². The van der Waals surface area contributed by atoms with Crippen molar-refractivity contribution in [2.24, 2.45) is 0 Å². The molecule has 0 bridgehead atoms. The third-order valence-electron chi connectivity index (χ3n) is 2.99. The van der Waals surface area contributed by atoms with Crippen LogP contribution in [0.3, 0.4) is 0 Å². The molecule has 1 aromatic carbocycles. The number of carbonyl (C=O) groups is 1. The van der Waals surface area contributed by atoms with Crippen LogP contribution in [0.4, 0.5) is 0 Å². The van der Waals surface area contributed by atoms with Crippen molar-refractivity contribution in [3.8, 4) is 6.07 Å². The van der Waals surface area contributed by atoms with Gasteiger partial charge in [0.15, 0.2) is 0 Å². The fourth-order valence-electron chi connectivity index (χ4n) is 2.05. The molecular weight excluding hydrogens is 318 g/mol. The average Bonchev–Trinajstić information content (AvgIpc) is 2.90. The van der Waals surface area contributed by atoms with Gasteiger partial charge >= 0.3 is 0 Å². The van der Waals surface area contributed by atoms with Crippen LogP contribution in [0.5, 0.6) is 0 Å². The molecule has 0 fully saturated rings. The minimum Gasteiger partial charge on any atom is -0.268 e. The van der Waals surface area contributed by atoms with E-state index in [-0.39, 0.29) is 5.91 Å². The van der Waals surface area contributed by atoms with Crippen LogP contribution >= 0.6 is 15.9 Å². The van der Waals surface area contributed by atoms with E-state index >= 15 is 0 Å². The summed E-state index contributed by atoms with van der Waals surface area (Å²) >= 11 is 3.26. The number of nitriles is 1. The van der Waals surface area contributed by atoms with Gasteiger partial charge in [-0.15, -0.1) is 0 Å². The van der Waals surface area contributed by atoms with Crippen LogP contribution < -0.4 is 0 Å². The third kappa shape index (κ3) is 2.00. The zero-order valence-electron chi connectivity index (χ0n) is 10.2. The van der Waals surface area contributed by atoms with Crippen molar-refractivity contribution >= 4 is 32.9 Å². The summed E-state index contributed by atoms with van der Waals surface area (Å²) in [6.45, 7) is 0. The van der Waals surface area contributed by atoms with Gasteiger partial charge < -0.3 is 0 Å². The number of aromatic nitrogens is 2. The van der Waals surface area contributed by atoms with Gasteiger partial charge in [0.25, 0.3) is 5.91 Å². The highest BCUT2D eigenvalue weighted by molar-refractivity contribution is 9.10. The summed E-state index contributed by atoms with van der Waals surface area (Å²) in [5, 5.41) is 9.80. The number of hydrogen-bond donors (Lipinski definition) is 0. The molecular formula is C15H8BrN3O. The molecule has 5 heteroatoms. The van der Waals surface area contributed by atoms with Crippen molar-refractivity contribution < 1.29 is 4.79 Å². The number of pyridine rings is 1. The molecule has 0 amide bonds. The Labute approximate surface area is 123 Å². The molecule has 0 spiro atoms. The summed E-state index contributed by atoms with van der Waals surface area (Å²) in [6.07, 6.45) is 1.64. The first-order valence-electron chi connectivity index (χ1n) is 5.88. The van der Waals surface area contributed by atoms with Gasteiger partial charge in [0.2, 0.25) is 0 Å². The minimum absolute atomic E-state index is 0.171. The van der Waals surface area contributed by atoms with E-state index in [2.05, 4.69) is 27.0 Å². The van der Waals surface area contributed by atoms with Gasteiger partial charge in [-0.25, -0.2) is 4.98 Å². The smallest absolute Gasteiger partial charge is 0.263 e. The quantitative estimate of drug-likeness (QED) is 0.644. The van der Waals surface area contributed by atoms with E-state index in [0.29, 0.717) is 26.8 Å². The van der Waals surface area contributed by atoms with Crippen LogP contribution in [-0.2, 0) is 0 Å². The van der Waals surface area contributed by atoms with Gasteiger partial charge in [-0.1, -0.05) is 18.2 Å². The number of carbonyl (C=O) groups excluding carboxylic acids is 1. The first kappa shape index (κ1) is 12.6. The summed E-state index contributed by atoms with van der Waals surface area (Å²) in [5.41, 5.74) is 1.54. The first-order chi connectivity index (χ1) is 9.70. The summed E-state index contributed by atoms with van der Waals surface area (Å²) in [4.78, 5) is 16.8. The van der Waals surface area contributed by atoms with E-state index in [1.54, 1.807) is 30.5 Å². The lowest BCUT2D eigenvalue weighted by molar-refractivity contribution is 0.0964. The molecule has 0 unspecified atom stereocenters. The van der Waals surface area contributed by atoms with Gasteiger partial charge in [0.1, 0.15) is 10.3 Å². The van der Waals surface area contributed by atoms with E-state index in [0.717, 1.165) is 0 Å². The fourth-order valence-corrected chi connectivity index (χ4v) is 2.45. The predicted octanol–water partition coefficient (Wildman–Crippen LogP) is 3.36. The van der Waals surface area contributed by atoms with Crippen LogP contribution in [0.25, 0.3) is 11.0 Å². The Balaban J connectivity index is 2.21. The standard InChI is InChI=1S/C15H8BrN3O/c16-13-8-11(9-17)12-6-7-19(14(12)18-13)15(20)10-4-2-1-3-5-10/h1-8H. The Kier molecular flexibility index (Phi) is 3.09. The lowest BCUT2D eigenvalue weighted by atomic mass is 10.2. The van der Waals surface area contributed by atoms with E-state index in [1.165, 1.54) is 4.57 Å². The first-order valence-corrected chi connectivity index (χ1v) is 6.67. The largest absolute Gasteiger partial charge is 0.268 e.